The number of aryl methyl sites for hydroxylation is 1. The first kappa shape index (κ1) is 21.5. The van der Waals surface area contributed by atoms with Gasteiger partial charge in [0, 0.05) is 25.0 Å². The first-order chi connectivity index (χ1) is 15.2. The minimum absolute atomic E-state index is 0.0313. The van der Waals surface area contributed by atoms with Gasteiger partial charge in [0.2, 0.25) is 0 Å². The van der Waals surface area contributed by atoms with Gasteiger partial charge in [-0.05, 0) is 72.6 Å². The number of ether oxygens (including phenoxy) is 1. The van der Waals surface area contributed by atoms with Crippen LogP contribution in [0, 0.1) is 6.92 Å². The van der Waals surface area contributed by atoms with Crippen LogP contribution in [0.5, 0.6) is 5.75 Å². The van der Waals surface area contributed by atoms with E-state index in [2.05, 4.69) is 33.4 Å². The largest absolute Gasteiger partial charge is 0.492 e. The van der Waals surface area contributed by atoms with Gasteiger partial charge in [-0.1, -0.05) is 24.6 Å². The van der Waals surface area contributed by atoms with Gasteiger partial charge in [0.15, 0.2) is 0 Å². The van der Waals surface area contributed by atoms with Crippen LogP contribution >= 0.6 is 11.3 Å². The second kappa shape index (κ2) is 10.6. The van der Waals surface area contributed by atoms with Crippen LogP contribution in [0.2, 0.25) is 0 Å². The molecule has 0 aliphatic carbocycles. The van der Waals surface area contributed by atoms with E-state index in [4.69, 9.17) is 4.74 Å². The number of aromatic nitrogens is 1. The zero-order chi connectivity index (χ0) is 21.5. The molecule has 1 aliphatic heterocycles. The molecule has 1 aromatic carbocycles. The summed E-state index contributed by atoms with van der Waals surface area (Å²) in [4.78, 5) is 19.8. The third kappa shape index (κ3) is 5.71. The zero-order valence-corrected chi connectivity index (χ0v) is 18.7. The van der Waals surface area contributed by atoms with Crippen LogP contribution in [-0.2, 0) is 6.54 Å². The number of benzene rings is 1. The van der Waals surface area contributed by atoms with Crippen molar-refractivity contribution in [2.24, 2.45) is 0 Å². The fourth-order valence-corrected chi connectivity index (χ4v) is 4.92. The molecule has 31 heavy (non-hydrogen) atoms. The predicted octanol–water partition coefficient (Wildman–Crippen LogP) is 4.99. The lowest BCUT2D eigenvalue weighted by Crippen LogP contribution is -2.32. The van der Waals surface area contributed by atoms with Gasteiger partial charge in [-0.25, -0.2) is 0 Å². The van der Waals surface area contributed by atoms with Crippen molar-refractivity contribution in [1.29, 1.82) is 0 Å². The number of hydrogen-bond donors (Lipinski definition) is 1. The van der Waals surface area contributed by atoms with Crippen LogP contribution in [0.1, 0.15) is 51.7 Å². The monoisotopic (exact) mass is 435 g/mol. The summed E-state index contributed by atoms with van der Waals surface area (Å²) in [6, 6.07) is 14.9. The van der Waals surface area contributed by atoms with E-state index in [-0.39, 0.29) is 5.91 Å². The van der Waals surface area contributed by atoms with E-state index in [0.29, 0.717) is 19.2 Å². The molecule has 1 saturated heterocycles. The molecule has 0 radical (unpaired) electrons. The number of pyridine rings is 1. The third-order valence-electron chi connectivity index (χ3n) is 5.72. The summed E-state index contributed by atoms with van der Waals surface area (Å²) in [6.07, 6.45) is 7.53. The maximum absolute atomic E-state index is 12.1. The molecule has 1 unspecified atom stereocenters. The Morgan fingerprint density at radius 1 is 1.23 bits per heavy atom. The lowest BCUT2D eigenvalue weighted by Gasteiger charge is -2.36. The standard InChI is InChI=1S/C25H29N3O2S/c1-19-11-16-31-24(19)25(29)27-13-15-30-22-9-7-20(8-10-22)18-28-14-3-2-6-23(28)21-5-4-12-26-17-21/h4-5,7-12,16-17,23H,2-3,6,13-15,18H2,1H3,(H,27,29). The Labute approximate surface area is 188 Å². The highest BCUT2D eigenvalue weighted by Gasteiger charge is 2.24. The van der Waals surface area contributed by atoms with Gasteiger partial charge < -0.3 is 10.1 Å². The summed E-state index contributed by atoms with van der Waals surface area (Å²) < 4.78 is 5.81. The summed E-state index contributed by atoms with van der Waals surface area (Å²) in [7, 11) is 0. The number of nitrogens with one attached hydrogen (secondary N) is 1. The molecule has 0 bridgehead atoms. The molecule has 5 nitrogen and oxygen atoms in total. The quantitative estimate of drug-likeness (QED) is 0.507. The molecule has 1 N–H and O–H groups in total. The highest BCUT2D eigenvalue weighted by Crippen LogP contribution is 2.31. The Morgan fingerprint density at radius 2 is 2.10 bits per heavy atom. The molecule has 1 aliphatic rings. The molecule has 0 spiro atoms. The fraction of sp³-hybridized carbons (Fsp3) is 0.360. The molecule has 4 rings (SSSR count). The Kier molecular flexibility index (Phi) is 7.33. The number of hydrogen-bond acceptors (Lipinski definition) is 5. The van der Waals surface area contributed by atoms with Crippen LogP contribution < -0.4 is 10.1 Å². The number of thiophene rings is 1. The lowest BCUT2D eigenvalue weighted by atomic mass is 9.96. The van der Waals surface area contributed by atoms with Crippen molar-refractivity contribution in [3.05, 3.63) is 81.8 Å². The number of nitrogens with zero attached hydrogens (tertiary/aromatic N) is 2. The summed E-state index contributed by atoms with van der Waals surface area (Å²) in [5, 5.41) is 4.85. The van der Waals surface area contributed by atoms with Crippen molar-refractivity contribution in [2.45, 2.75) is 38.8 Å². The maximum Gasteiger partial charge on any atom is 0.261 e. The number of likely N-dealkylation sites (tertiary alicyclic amines) is 1. The van der Waals surface area contributed by atoms with Crippen LogP contribution in [-0.4, -0.2) is 35.5 Å². The van der Waals surface area contributed by atoms with Crippen molar-refractivity contribution in [2.75, 3.05) is 19.7 Å². The van der Waals surface area contributed by atoms with E-state index in [0.717, 1.165) is 29.3 Å². The Bertz CT molecular complexity index is 972. The molecule has 3 aromatic rings. The summed E-state index contributed by atoms with van der Waals surface area (Å²) >= 11 is 1.47. The van der Waals surface area contributed by atoms with Gasteiger partial charge in [0.05, 0.1) is 11.4 Å². The molecule has 2 aromatic heterocycles. The van der Waals surface area contributed by atoms with Crippen molar-refractivity contribution in [1.82, 2.24) is 15.2 Å². The topological polar surface area (TPSA) is 54.5 Å². The Morgan fingerprint density at radius 3 is 2.84 bits per heavy atom. The Hall–Kier alpha value is -2.70. The van der Waals surface area contributed by atoms with Crippen molar-refractivity contribution < 1.29 is 9.53 Å². The summed E-state index contributed by atoms with van der Waals surface area (Å²) in [5.74, 6) is 0.795. The van der Waals surface area contributed by atoms with Crippen molar-refractivity contribution in [3.8, 4) is 5.75 Å². The van der Waals surface area contributed by atoms with E-state index in [1.54, 1.807) is 0 Å². The molecular weight excluding hydrogens is 406 g/mol. The van der Waals surface area contributed by atoms with Crippen molar-refractivity contribution >= 4 is 17.2 Å². The van der Waals surface area contributed by atoms with E-state index < -0.39 is 0 Å². The average molecular weight is 436 g/mol. The highest BCUT2D eigenvalue weighted by atomic mass is 32.1. The van der Waals surface area contributed by atoms with Gasteiger partial charge in [-0.15, -0.1) is 11.3 Å². The average Bonchev–Trinajstić information content (AvgIpc) is 3.24. The van der Waals surface area contributed by atoms with E-state index in [9.17, 15) is 4.79 Å². The predicted molar refractivity (Wildman–Crippen MR) is 125 cm³/mol. The molecule has 1 fully saturated rings. The SMILES string of the molecule is Cc1ccsc1C(=O)NCCOc1ccc(CN2CCCCC2c2cccnc2)cc1. The van der Waals surface area contributed by atoms with Gasteiger partial charge >= 0.3 is 0 Å². The molecule has 1 atom stereocenters. The smallest absolute Gasteiger partial charge is 0.261 e. The van der Waals surface area contributed by atoms with Gasteiger partial charge in [0.25, 0.3) is 5.91 Å². The van der Waals surface area contributed by atoms with Crippen LogP contribution in [0.15, 0.2) is 60.2 Å². The number of carbonyl (C=O) groups is 1. The molecule has 3 heterocycles. The third-order valence-corrected chi connectivity index (χ3v) is 6.73. The highest BCUT2D eigenvalue weighted by molar-refractivity contribution is 7.12. The lowest BCUT2D eigenvalue weighted by molar-refractivity contribution is 0.0950. The maximum atomic E-state index is 12.1. The molecule has 6 heteroatoms. The number of rotatable bonds is 8. The van der Waals surface area contributed by atoms with Crippen LogP contribution in [0.3, 0.4) is 0 Å². The molecule has 1 amide bonds. The first-order valence-electron chi connectivity index (χ1n) is 10.9. The summed E-state index contributed by atoms with van der Waals surface area (Å²) in [5.41, 5.74) is 3.60. The van der Waals surface area contributed by atoms with Crippen LogP contribution in [0.25, 0.3) is 0 Å². The van der Waals surface area contributed by atoms with E-state index in [1.807, 2.05) is 49.0 Å². The molecule has 0 saturated carbocycles. The number of amides is 1. The van der Waals surface area contributed by atoms with Gasteiger partial charge in [0.1, 0.15) is 12.4 Å². The van der Waals surface area contributed by atoms with E-state index >= 15 is 0 Å². The van der Waals surface area contributed by atoms with Crippen molar-refractivity contribution in [3.63, 3.8) is 0 Å². The van der Waals surface area contributed by atoms with E-state index in [1.165, 1.54) is 41.7 Å². The minimum atomic E-state index is -0.0313. The van der Waals surface area contributed by atoms with Gasteiger partial charge in [-0.3, -0.25) is 14.7 Å². The number of piperidine rings is 1. The Balaban J connectivity index is 1.26. The molecular formula is C25H29N3O2S. The summed E-state index contributed by atoms with van der Waals surface area (Å²) in [6.45, 7) is 4.92. The molecule has 162 valence electrons. The zero-order valence-electron chi connectivity index (χ0n) is 17.9. The second-order valence-corrected chi connectivity index (χ2v) is 8.87. The van der Waals surface area contributed by atoms with Crippen LogP contribution in [0.4, 0.5) is 0 Å². The first-order valence-corrected chi connectivity index (χ1v) is 11.8. The minimum Gasteiger partial charge on any atom is -0.492 e. The van der Waals surface area contributed by atoms with Gasteiger partial charge in [-0.2, -0.15) is 0 Å². The fourth-order valence-electron chi connectivity index (χ4n) is 4.08. The number of carbonyl (C=O) groups excluding carboxylic acids is 1. The second-order valence-electron chi connectivity index (χ2n) is 7.95. The normalized spacial score (nSPS) is 16.7.